The third-order valence-electron chi connectivity index (χ3n) is 5.46. The number of nitrogens with zero attached hydrogens (tertiary/aromatic N) is 2. The topological polar surface area (TPSA) is 136 Å². The summed E-state index contributed by atoms with van der Waals surface area (Å²) in [5.41, 5.74) is 1.56. The number of carbonyl (C=O) groups excluding carboxylic acids is 3. The molecule has 184 valence electrons. The van der Waals surface area contributed by atoms with Crippen molar-refractivity contribution in [2.75, 3.05) is 26.1 Å². The van der Waals surface area contributed by atoms with Crippen LogP contribution in [0.25, 0.3) is 0 Å². The molecule has 2 unspecified atom stereocenters. The quantitative estimate of drug-likeness (QED) is 0.403. The van der Waals surface area contributed by atoms with Crippen molar-refractivity contribution < 1.29 is 23.9 Å². The number of aromatic nitrogens is 2. The number of carbonyl (C=O) groups is 3. The van der Waals surface area contributed by atoms with Crippen molar-refractivity contribution in [3.8, 4) is 11.5 Å². The fourth-order valence-electron chi connectivity index (χ4n) is 3.84. The van der Waals surface area contributed by atoms with Gasteiger partial charge in [-0.1, -0.05) is 19.4 Å². The van der Waals surface area contributed by atoms with Gasteiger partial charge in [0.25, 0.3) is 0 Å². The number of ether oxygens (including phenoxy) is 2. The van der Waals surface area contributed by atoms with Gasteiger partial charge in [-0.3, -0.25) is 19.7 Å². The molecule has 2 heterocycles. The number of anilines is 1. The molecule has 0 bridgehead atoms. The van der Waals surface area contributed by atoms with Crippen LogP contribution in [0.5, 0.6) is 11.5 Å². The maximum Gasteiger partial charge on any atom is 0.314 e. The summed E-state index contributed by atoms with van der Waals surface area (Å²) in [6.45, 7) is 4.08. The molecule has 4 N–H and O–H groups in total. The highest BCUT2D eigenvalue weighted by Gasteiger charge is 2.29. The molecule has 34 heavy (non-hydrogen) atoms. The molecule has 0 radical (unpaired) electrons. The van der Waals surface area contributed by atoms with Crippen LogP contribution in [-0.2, 0) is 20.8 Å². The van der Waals surface area contributed by atoms with Crippen LogP contribution >= 0.6 is 0 Å². The van der Waals surface area contributed by atoms with E-state index in [1.165, 1.54) is 4.68 Å². The minimum Gasteiger partial charge on any atom is -0.493 e. The van der Waals surface area contributed by atoms with E-state index in [-0.39, 0.29) is 18.5 Å². The second-order valence-corrected chi connectivity index (χ2v) is 8.09. The first-order chi connectivity index (χ1) is 16.3. The van der Waals surface area contributed by atoms with Gasteiger partial charge in [-0.2, -0.15) is 5.10 Å². The van der Waals surface area contributed by atoms with Crippen molar-refractivity contribution in [3.05, 3.63) is 35.5 Å². The number of hydrogen-bond donors (Lipinski definition) is 4. The fourth-order valence-corrected chi connectivity index (χ4v) is 3.84. The monoisotopic (exact) mass is 472 g/mol. The van der Waals surface area contributed by atoms with Crippen LogP contribution in [0, 0.1) is 6.92 Å². The third-order valence-corrected chi connectivity index (χ3v) is 5.46. The number of amides is 3. The van der Waals surface area contributed by atoms with E-state index in [1.54, 1.807) is 33.3 Å². The Morgan fingerprint density at radius 1 is 1.18 bits per heavy atom. The molecule has 1 aliphatic rings. The lowest BCUT2D eigenvalue weighted by Gasteiger charge is -2.32. The molecule has 3 amide bonds. The summed E-state index contributed by atoms with van der Waals surface area (Å²) >= 11 is 0. The maximum atomic E-state index is 12.5. The van der Waals surface area contributed by atoms with E-state index >= 15 is 0 Å². The van der Waals surface area contributed by atoms with Crippen LogP contribution in [0.15, 0.2) is 24.3 Å². The van der Waals surface area contributed by atoms with E-state index < -0.39 is 18.1 Å². The zero-order valence-corrected chi connectivity index (χ0v) is 19.9. The molecule has 1 saturated heterocycles. The van der Waals surface area contributed by atoms with Gasteiger partial charge in [0.1, 0.15) is 5.82 Å². The standard InChI is InChI=1S/C23H32N6O5/c1-5-6-16-13-20(30)27-23(25-16)29-19(11-14(2)28-29)26-22(32)21(31)24-10-9-15-7-8-17(33-3)18(12-15)34-4/h7-8,11-12,16,23,25H,5-6,9-10,13H2,1-4H3,(H,24,31)(H,26,32)(H,27,30). The molecule has 0 spiro atoms. The normalized spacial score (nSPS) is 17.6. The zero-order valence-electron chi connectivity index (χ0n) is 19.9. The van der Waals surface area contributed by atoms with Crippen LogP contribution < -0.4 is 30.7 Å². The lowest BCUT2D eigenvalue weighted by Crippen LogP contribution is -2.53. The Kier molecular flexibility index (Phi) is 8.47. The predicted molar refractivity (Wildman–Crippen MR) is 125 cm³/mol. The molecule has 2 atom stereocenters. The summed E-state index contributed by atoms with van der Waals surface area (Å²) in [6, 6.07) is 7.13. The van der Waals surface area contributed by atoms with Crippen molar-refractivity contribution in [2.24, 2.45) is 0 Å². The summed E-state index contributed by atoms with van der Waals surface area (Å²) in [4.78, 5) is 37.0. The van der Waals surface area contributed by atoms with Crippen molar-refractivity contribution in [3.63, 3.8) is 0 Å². The van der Waals surface area contributed by atoms with E-state index in [2.05, 4.69) is 33.3 Å². The lowest BCUT2D eigenvalue weighted by atomic mass is 10.1. The molecule has 0 saturated carbocycles. The van der Waals surface area contributed by atoms with Gasteiger partial charge in [-0.25, -0.2) is 4.68 Å². The third kappa shape index (κ3) is 6.25. The number of methoxy groups -OCH3 is 2. The minimum absolute atomic E-state index is 0.0108. The number of hydrogen-bond acceptors (Lipinski definition) is 7. The van der Waals surface area contributed by atoms with Crippen LogP contribution in [-0.4, -0.2) is 54.3 Å². The fraction of sp³-hybridized carbons (Fsp3) is 0.478. The largest absolute Gasteiger partial charge is 0.493 e. The van der Waals surface area contributed by atoms with Crippen molar-refractivity contribution in [1.82, 2.24) is 25.7 Å². The van der Waals surface area contributed by atoms with Crippen molar-refractivity contribution >= 4 is 23.5 Å². The average Bonchev–Trinajstić information content (AvgIpc) is 3.18. The second kappa shape index (κ2) is 11.5. The van der Waals surface area contributed by atoms with Crippen LogP contribution in [0.1, 0.15) is 43.7 Å². The van der Waals surface area contributed by atoms with Gasteiger partial charge >= 0.3 is 11.8 Å². The molecule has 1 aromatic carbocycles. The van der Waals surface area contributed by atoms with E-state index in [0.29, 0.717) is 35.9 Å². The van der Waals surface area contributed by atoms with Gasteiger partial charge < -0.3 is 25.4 Å². The maximum absolute atomic E-state index is 12.5. The van der Waals surface area contributed by atoms with Gasteiger partial charge in [0, 0.05) is 25.1 Å². The van der Waals surface area contributed by atoms with E-state index in [1.807, 2.05) is 12.1 Å². The first-order valence-corrected chi connectivity index (χ1v) is 11.3. The first kappa shape index (κ1) is 25.0. The summed E-state index contributed by atoms with van der Waals surface area (Å²) < 4.78 is 12.0. The summed E-state index contributed by atoms with van der Waals surface area (Å²) in [7, 11) is 3.12. The Labute approximate surface area is 198 Å². The number of aryl methyl sites for hydroxylation is 1. The molecule has 11 nitrogen and oxygen atoms in total. The summed E-state index contributed by atoms with van der Waals surface area (Å²) in [5.74, 6) is -0.160. The van der Waals surface area contributed by atoms with Gasteiger partial charge in [-0.15, -0.1) is 0 Å². The highest BCUT2D eigenvalue weighted by Crippen LogP contribution is 2.27. The molecule has 3 rings (SSSR count). The number of nitrogens with one attached hydrogen (secondary N) is 4. The van der Waals surface area contributed by atoms with E-state index in [9.17, 15) is 14.4 Å². The molecule has 1 fully saturated rings. The molecule has 11 heteroatoms. The van der Waals surface area contributed by atoms with Crippen LogP contribution in [0.3, 0.4) is 0 Å². The summed E-state index contributed by atoms with van der Waals surface area (Å²) in [6.07, 6.45) is 2.05. The molecule has 1 aromatic heterocycles. The van der Waals surface area contributed by atoms with Crippen LogP contribution in [0.2, 0.25) is 0 Å². The molecule has 1 aliphatic heterocycles. The Bertz CT molecular complexity index is 1040. The Hall–Kier alpha value is -3.60. The Morgan fingerprint density at radius 3 is 2.65 bits per heavy atom. The zero-order chi connectivity index (χ0) is 24.7. The molecule has 2 aromatic rings. The number of rotatable bonds is 9. The predicted octanol–water partition coefficient (Wildman–Crippen LogP) is 1.24. The average molecular weight is 473 g/mol. The molecular formula is C23H32N6O5. The lowest BCUT2D eigenvalue weighted by molar-refractivity contribution is -0.136. The molecule has 0 aliphatic carbocycles. The highest BCUT2D eigenvalue weighted by atomic mass is 16.5. The molecular weight excluding hydrogens is 440 g/mol. The number of benzene rings is 1. The smallest absolute Gasteiger partial charge is 0.314 e. The van der Waals surface area contributed by atoms with Gasteiger partial charge in [0.15, 0.2) is 17.8 Å². The summed E-state index contributed by atoms with van der Waals surface area (Å²) in [5, 5.41) is 15.7. The van der Waals surface area contributed by atoms with E-state index in [4.69, 9.17) is 9.47 Å². The van der Waals surface area contributed by atoms with Crippen molar-refractivity contribution in [1.29, 1.82) is 0 Å². The second-order valence-electron chi connectivity index (χ2n) is 8.09. The van der Waals surface area contributed by atoms with Crippen molar-refractivity contribution in [2.45, 2.75) is 51.9 Å². The van der Waals surface area contributed by atoms with Gasteiger partial charge in [-0.05, 0) is 37.5 Å². The Balaban J connectivity index is 1.58. The van der Waals surface area contributed by atoms with Crippen LogP contribution in [0.4, 0.5) is 5.82 Å². The van der Waals surface area contributed by atoms with Gasteiger partial charge in [0.2, 0.25) is 5.91 Å². The first-order valence-electron chi connectivity index (χ1n) is 11.3. The minimum atomic E-state index is -0.819. The SMILES string of the molecule is CCCC1CC(=O)NC(n2nc(C)cc2NC(=O)C(=O)NCCc2ccc(OC)c(OC)c2)N1. The Morgan fingerprint density at radius 2 is 1.94 bits per heavy atom. The van der Waals surface area contributed by atoms with E-state index in [0.717, 1.165) is 18.4 Å². The van der Waals surface area contributed by atoms with Gasteiger partial charge in [0.05, 0.1) is 19.9 Å². The highest BCUT2D eigenvalue weighted by molar-refractivity contribution is 6.39.